The quantitative estimate of drug-likeness (QED) is 0.906. The Hall–Kier alpha value is -1.80. The third kappa shape index (κ3) is 2.24. The highest BCUT2D eigenvalue weighted by Gasteiger charge is 2.22. The molecule has 0 bridgehead atoms. The van der Waals surface area contributed by atoms with Gasteiger partial charge in [-0.25, -0.2) is 0 Å². The fourth-order valence-corrected chi connectivity index (χ4v) is 2.82. The summed E-state index contributed by atoms with van der Waals surface area (Å²) in [5.74, 6) is 1.07. The summed E-state index contributed by atoms with van der Waals surface area (Å²) in [6, 6.07) is 15.3. The van der Waals surface area contributed by atoms with Crippen LogP contribution in [0.25, 0.3) is 0 Å². The van der Waals surface area contributed by atoms with Crippen molar-refractivity contribution in [2.75, 3.05) is 13.7 Å². The van der Waals surface area contributed by atoms with Gasteiger partial charge in [-0.15, -0.1) is 0 Å². The largest absolute Gasteiger partial charge is 0.493 e. The lowest BCUT2D eigenvalue weighted by atomic mass is 9.95. The molecular weight excluding hydrogens is 234 g/mol. The minimum Gasteiger partial charge on any atom is -0.493 e. The van der Waals surface area contributed by atoms with Crippen molar-refractivity contribution in [3.63, 3.8) is 0 Å². The van der Waals surface area contributed by atoms with Crippen molar-refractivity contribution in [3.05, 3.63) is 64.7 Å². The molecule has 1 aliphatic rings. The second kappa shape index (κ2) is 5.06. The molecule has 0 saturated heterocycles. The number of fused-ring (bicyclic) bond motifs is 1. The van der Waals surface area contributed by atoms with E-state index in [0.29, 0.717) is 0 Å². The molecule has 0 spiro atoms. The Bertz CT molecular complexity index is 592. The Morgan fingerprint density at radius 2 is 2.00 bits per heavy atom. The van der Waals surface area contributed by atoms with Gasteiger partial charge in [0.2, 0.25) is 0 Å². The van der Waals surface area contributed by atoms with Crippen LogP contribution in [0.4, 0.5) is 0 Å². The number of aryl methyl sites for hydroxylation is 1. The van der Waals surface area contributed by atoms with E-state index < -0.39 is 0 Å². The monoisotopic (exact) mass is 253 g/mol. The lowest BCUT2D eigenvalue weighted by molar-refractivity contribution is 0.351. The fraction of sp³-hybridized carbons (Fsp3) is 0.294. The highest BCUT2D eigenvalue weighted by molar-refractivity contribution is 5.49. The van der Waals surface area contributed by atoms with E-state index >= 15 is 0 Å². The van der Waals surface area contributed by atoms with Crippen molar-refractivity contribution in [1.29, 1.82) is 0 Å². The van der Waals surface area contributed by atoms with Gasteiger partial charge >= 0.3 is 0 Å². The smallest absolute Gasteiger partial charge is 0.127 e. The first-order valence-electron chi connectivity index (χ1n) is 6.78. The summed E-state index contributed by atoms with van der Waals surface area (Å²) < 4.78 is 5.82. The van der Waals surface area contributed by atoms with E-state index in [0.717, 1.165) is 18.8 Å². The number of nitrogens with one attached hydrogen (secondary N) is 1. The maximum absolute atomic E-state index is 5.82. The molecule has 1 heterocycles. The molecule has 3 rings (SSSR count). The van der Waals surface area contributed by atoms with Crippen LogP contribution < -0.4 is 10.1 Å². The summed E-state index contributed by atoms with van der Waals surface area (Å²) >= 11 is 0. The van der Waals surface area contributed by atoms with Crippen molar-refractivity contribution >= 4 is 0 Å². The maximum atomic E-state index is 5.82. The van der Waals surface area contributed by atoms with Gasteiger partial charge in [0.05, 0.1) is 12.6 Å². The zero-order valence-electron chi connectivity index (χ0n) is 11.4. The Morgan fingerprint density at radius 3 is 2.79 bits per heavy atom. The minimum absolute atomic E-state index is 0.188. The minimum atomic E-state index is 0.188. The van der Waals surface area contributed by atoms with Crippen LogP contribution in [0.2, 0.25) is 0 Å². The lowest BCUT2D eigenvalue weighted by Gasteiger charge is -2.20. The molecular formula is C17H19NO. The zero-order chi connectivity index (χ0) is 13.2. The fourth-order valence-electron chi connectivity index (χ4n) is 2.82. The Kier molecular flexibility index (Phi) is 3.26. The molecule has 0 aromatic heterocycles. The van der Waals surface area contributed by atoms with Crippen molar-refractivity contribution < 1.29 is 4.74 Å². The van der Waals surface area contributed by atoms with Crippen molar-refractivity contribution in [3.8, 4) is 5.75 Å². The van der Waals surface area contributed by atoms with Crippen LogP contribution in [0.15, 0.2) is 42.5 Å². The number of ether oxygens (including phenoxy) is 1. The van der Waals surface area contributed by atoms with Crippen LogP contribution in [0.5, 0.6) is 5.75 Å². The lowest BCUT2D eigenvalue weighted by Crippen LogP contribution is -2.18. The highest BCUT2D eigenvalue weighted by Crippen LogP contribution is 2.36. The average molecular weight is 253 g/mol. The first-order chi connectivity index (χ1) is 9.29. The van der Waals surface area contributed by atoms with Gasteiger partial charge in [-0.3, -0.25) is 0 Å². The summed E-state index contributed by atoms with van der Waals surface area (Å²) in [5.41, 5.74) is 5.13. The standard InChI is InChI=1S/C17H19NO/c1-12-5-3-7-14(11-12)16(18-2)15-8-4-6-13-9-10-19-17(13)15/h3-8,11,16,18H,9-10H2,1-2H3. The SMILES string of the molecule is CNC(c1cccc(C)c1)c1cccc2c1OCC2. The summed E-state index contributed by atoms with van der Waals surface area (Å²) in [7, 11) is 2.00. The maximum Gasteiger partial charge on any atom is 0.127 e. The topological polar surface area (TPSA) is 21.3 Å². The van der Waals surface area contributed by atoms with Crippen molar-refractivity contribution in [1.82, 2.24) is 5.32 Å². The van der Waals surface area contributed by atoms with Crippen LogP contribution in [0.1, 0.15) is 28.3 Å². The number of hydrogen-bond acceptors (Lipinski definition) is 2. The number of para-hydroxylation sites is 1. The Labute approximate surface area is 114 Å². The van der Waals surface area contributed by atoms with E-state index in [2.05, 4.69) is 54.7 Å². The predicted octanol–water partition coefficient (Wildman–Crippen LogP) is 3.24. The molecule has 0 amide bonds. The molecule has 0 fully saturated rings. The molecule has 1 N–H and O–H groups in total. The van der Waals surface area contributed by atoms with Crippen molar-refractivity contribution in [2.45, 2.75) is 19.4 Å². The molecule has 2 aromatic carbocycles. The summed E-state index contributed by atoms with van der Waals surface area (Å²) in [6.07, 6.45) is 1.02. The predicted molar refractivity (Wildman–Crippen MR) is 77.7 cm³/mol. The van der Waals surface area contributed by atoms with Gasteiger partial charge in [-0.05, 0) is 25.1 Å². The first-order valence-corrected chi connectivity index (χ1v) is 6.78. The molecule has 1 atom stereocenters. The highest BCUT2D eigenvalue weighted by atomic mass is 16.5. The molecule has 2 nitrogen and oxygen atoms in total. The molecule has 0 saturated carbocycles. The summed E-state index contributed by atoms with van der Waals surface area (Å²) in [4.78, 5) is 0. The number of rotatable bonds is 3. The van der Waals surface area contributed by atoms with Gasteiger partial charge in [0.25, 0.3) is 0 Å². The molecule has 2 aromatic rings. The summed E-state index contributed by atoms with van der Waals surface area (Å²) in [5, 5.41) is 3.41. The summed E-state index contributed by atoms with van der Waals surface area (Å²) in [6.45, 7) is 2.93. The normalized spacial score (nSPS) is 14.8. The van der Waals surface area contributed by atoms with E-state index in [1.807, 2.05) is 7.05 Å². The number of hydrogen-bond donors (Lipinski definition) is 1. The first kappa shape index (κ1) is 12.2. The van der Waals surface area contributed by atoms with E-state index in [4.69, 9.17) is 4.74 Å². The second-order valence-corrected chi connectivity index (χ2v) is 5.07. The van der Waals surface area contributed by atoms with Crippen LogP contribution in [-0.4, -0.2) is 13.7 Å². The average Bonchev–Trinajstić information content (AvgIpc) is 2.89. The molecule has 0 radical (unpaired) electrons. The van der Waals surface area contributed by atoms with Crippen molar-refractivity contribution in [2.24, 2.45) is 0 Å². The molecule has 1 aliphatic heterocycles. The second-order valence-electron chi connectivity index (χ2n) is 5.07. The van der Waals surface area contributed by atoms with Crippen LogP contribution in [-0.2, 0) is 6.42 Å². The molecule has 1 unspecified atom stereocenters. The molecule has 98 valence electrons. The Morgan fingerprint density at radius 1 is 1.16 bits per heavy atom. The van der Waals surface area contributed by atoms with E-state index in [-0.39, 0.29) is 6.04 Å². The van der Waals surface area contributed by atoms with Gasteiger partial charge in [-0.1, -0.05) is 48.0 Å². The van der Waals surface area contributed by atoms with E-state index in [1.54, 1.807) is 0 Å². The van der Waals surface area contributed by atoms with E-state index in [9.17, 15) is 0 Å². The van der Waals surface area contributed by atoms with Gasteiger partial charge < -0.3 is 10.1 Å². The third-order valence-electron chi connectivity index (χ3n) is 3.72. The molecule has 0 aliphatic carbocycles. The van der Waals surface area contributed by atoms with Crippen LogP contribution >= 0.6 is 0 Å². The number of benzene rings is 2. The molecule has 2 heteroatoms. The van der Waals surface area contributed by atoms with Gasteiger partial charge in [0.15, 0.2) is 0 Å². The third-order valence-corrected chi connectivity index (χ3v) is 3.72. The molecule has 19 heavy (non-hydrogen) atoms. The van der Waals surface area contributed by atoms with E-state index in [1.165, 1.54) is 22.3 Å². The van der Waals surface area contributed by atoms with Gasteiger partial charge in [-0.2, -0.15) is 0 Å². The zero-order valence-corrected chi connectivity index (χ0v) is 11.4. The Balaban J connectivity index is 2.06. The van der Waals surface area contributed by atoms with Crippen LogP contribution in [0.3, 0.4) is 0 Å². The van der Waals surface area contributed by atoms with Gasteiger partial charge in [0.1, 0.15) is 5.75 Å². The van der Waals surface area contributed by atoms with Gasteiger partial charge in [0, 0.05) is 12.0 Å². The van der Waals surface area contributed by atoms with Crippen LogP contribution in [0, 0.1) is 6.92 Å².